The number of aromatic nitrogens is 2. The lowest BCUT2D eigenvalue weighted by Crippen LogP contribution is -2.57. The highest BCUT2D eigenvalue weighted by Gasteiger charge is 2.39. The average Bonchev–Trinajstić information content (AvgIpc) is 2.35. The number of benzene rings is 1. The molecule has 112 valence electrons. The van der Waals surface area contributed by atoms with Gasteiger partial charge >= 0.3 is 0 Å². The number of ether oxygens (including phenoxy) is 1. The van der Waals surface area contributed by atoms with E-state index in [0.717, 1.165) is 24.0 Å². The van der Waals surface area contributed by atoms with Crippen molar-refractivity contribution >= 4 is 22.7 Å². The molecule has 1 fully saturated rings. The molecule has 3 rings (SSSR count). The Morgan fingerprint density at radius 3 is 2.33 bits per heavy atom. The van der Waals surface area contributed by atoms with E-state index in [1.54, 1.807) is 0 Å². The van der Waals surface area contributed by atoms with Gasteiger partial charge in [-0.1, -0.05) is 12.1 Å². The van der Waals surface area contributed by atoms with Crippen LogP contribution in [-0.4, -0.2) is 34.3 Å². The van der Waals surface area contributed by atoms with Crippen molar-refractivity contribution in [2.45, 2.75) is 38.9 Å². The lowest BCUT2D eigenvalue weighted by Gasteiger charge is -2.47. The molecule has 0 saturated carbocycles. The molecule has 0 aliphatic carbocycles. The zero-order chi connectivity index (χ0) is 15.3. The molecule has 0 bridgehead atoms. The van der Waals surface area contributed by atoms with Gasteiger partial charge in [0.15, 0.2) is 0 Å². The first kappa shape index (κ1) is 14.1. The molecule has 2 N–H and O–H groups in total. The van der Waals surface area contributed by atoms with Crippen LogP contribution in [0, 0.1) is 0 Å². The third-order valence-electron chi connectivity index (χ3n) is 3.60. The Hall–Kier alpha value is -1.88. The summed E-state index contributed by atoms with van der Waals surface area (Å²) in [6.07, 6.45) is 0. The lowest BCUT2D eigenvalue weighted by molar-refractivity contribution is -0.133. The van der Waals surface area contributed by atoms with Crippen LogP contribution < -0.4 is 10.6 Å². The Labute approximate surface area is 125 Å². The van der Waals surface area contributed by atoms with Crippen LogP contribution >= 0.6 is 0 Å². The molecule has 0 unspecified atom stereocenters. The number of nitrogens with zero attached hydrogens (tertiary/aromatic N) is 3. The zero-order valence-electron chi connectivity index (χ0n) is 13.1. The molecule has 1 aliphatic heterocycles. The Bertz CT molecular complexity index is 665. The van der Waals surface area contributed by atoms with Gasteiger partial charge in [-0.25, -0.2) is 4.98 Å². The van der Waals surface area contributed by atoms with Crippen molar-refractivity contribution in [2.75, 3.05) is 23.7 Å². The summed E-state index contributed by atoms with van der Waals surface area (Å²) in [5.41, 5.74) is 6.48. The van der Waals surface area contributed by atoms with Gasteiger partial charge in [0, 0.05) is 18.5 Å². The van der Waals surface area contributed by atoms with Crippen molar-refractivity contribution in [3.63, 3.8) is 0 Å². The van der Waals surface area contributed by atoms with Crippen molar-refractivity contribution in [3.8, 4) is 0 Å². The average molecular weight is 286 g/mol. The van der Waals surface area contributed by atoms with E-state index < -0.39 is 0 Å². The number of nitrogens with two attached hydrogens (primary N) is 1. The molecule has 0 amide bonds. The molecule has 2 aromatic rings. The lowest BCUT2D eigenvalue weighted by atomic mass is 9.99. The van der Waals surface area contributed by atoms with Gasteiger partial charge in [-0.05, 0) is 39.8 Å². The standard InChI is InChI=1S/C16H22N4O/c1-15(2)9-20(10-16(3,4)21-15)14-18-12-8-6-5-7-11(12)13(17)19-14/h5-8H,9-10H2,1-4H3,(H2,17,18,19). The maximum Gasteiger partial charge on any atom is 0.228 e. The second-order valence-corrected chi connectivity index (χ2v) is 6.90. The van der Waals surface area contributed by atoms with Crippen LogP contribution in [0.15, 0.2) is 24.3 Å². The minimum absolute atomic E-state index is 0.245. The summed E-state index contributed by atoms with van der Waals surface area (Å²) in [5, 5.41) is 0.896. The Kier molecular flexibility index (Phi) is 3.06. The highest BCUT2D eigenvalue weighted by molar-refractivity contribution is 5.88. The second kappa shape index (κ2) is 4.56. The van der Waals surface area contributed by atoms with E-state index in [1.165, 1.54) is 0 Å². The monoisotopic (exact) mass is 286 g/mol. The summed E-state index contributed by atoms with van der Waals surface area (Å²) in [5.74, 6) is 1.20. The predicted molar refractivity (Wildman–Crippen MR) is 85.4 cm³/mol. The number of hydrogen-bond acceptors (Lipinski definition) is 5. The minimum atomic E-state index is -0.245. The number of morpholine rings is 1. The summed E-state index contributed by atoms with van der Waals surface area (Å²) in [6, 6.07) is 7.82. The quantitative estimate of drug-likeness (QED) is 0.873. The first-order chi connectivity index (χ1) is 9.76. The van der Waals surface area contributed by atoms with Gasteiger partial charge in [0.1, 0.15) is 5.82 Å². The van der Waals surface area contributed by atoms with E-state index in [-0.39, 0.29) is 11.2 Å². The summed E-state index contributed by atoms with van der Waals surface area (Å²) < 4.78 is 6.10. The fraction of sp³-hybridized carbons (Fsp3) is 0.500. The maximum absolute atomic E-state index is 6.10. The highest BCUT2D eigenvalue weighted by Crippen LogP contribution is 2.31. The molecular formula is C16H22N4O. The zero-order valence-corrected chi connectivity index (χ0v) is 13.1. The molecular weight excluding hydrogens is 264 g/mol. The Balaban J connectivity index is 2.03. The predicted octanol–water partition coefficient (Wildman–Crippen LogP) is 2.61. The SMILES string of the molecule is CC1(C)CN(c2nc(N)c3ccccc3n2)CC(C)(C)O1. The second-order valence-electron chi connectivity index (χ2n) is 6.90. The van der Waals surface area contributed by atoms with Crippen LogP contribution in [-0.2, 0) is 4.74 Å². The molecule has 5 nitrogen and oxygen atoms in total. The van der Waals surface area contributed by atoms with Crippen LogP contribution in [0.3, 0.4) is 0 Å². The maximum atomic E-state index is 6.10. The van der Waals surface area contributed by atoms with E-state index in [4.69, 9.17) is 10.5 Å². The number of anilines is 2. The van der Waals surface area contributed by atoms with Gasteiger partial charge in [-0.2, -0.15) is 4.98 Å². The third-order valence-corrected chi connectivity index (χ3v) is 3.60. The fourth-order valence-corrected chi connectivity index (χ4v) is 3.16. The summed E-state index contributed by atoms with van der Waals surface area (Å²) in [6.45, 7) is 9.84. The molecule has 5 heteroatoms. The molecule has 1 aromatic heterocycles. The molecule has 1 aromatic carbocycles. The van der Waals surface area contributed by atoms with E-state index >= 15 is 0 Å². The summed E-state index contributed by atoms with van der Waals surface area (Å²) >= 11 is 0. The van der Waals surface area contributed by atoms with Crippen molar-refractivity contribution in [1.82, 2.24) is 9.97 Å². The smallest absolute Gasteiger partial charge is 0.228 e. The van der Waals surface area contributed by atoms with Crippen LogP contribution in [0.2, 0.25) is 0 Å². The largest absolute Gasteiger partial charge is 0.383 e. The molecule has 2 heterocycles. The summed E-state index contributed by atoms with van der Waals surface area (Å²) in [7, 11) is 0. The third kappa shape index (κ3) is 2.78. The van der Waals surface area contributed by atoms with Gasteiger partial charge in [0.25, 0.3) is 0 Å². The van der Waals surface area contributed by atoms with Crippen molar-refractivity contribution in [2.24, 2.45) is 0 Å². The van der Waals surface area contributed by atoms with E-state index in [2.05, 4.69) is 42.6 Å². The highest BCUT2D eigenvalue weighted by atomic mass is 16.5. The number of rotatable bonds is 1. The van der Waals surface area contributed by atoms with Crippen LogP contribution in [0.1, 0.15) is 27.7 Å². The number of nitrogen functional groups attached to an aromatic ring is 1. The van der Waals surface area contributed by atoms with E-state index in [1.807, 2.05) is 24.3 Å². The Morgan fingerprint density at radius 2 is 1.67 bits per heavy atom. The molecule has 0 spiro atoms. The van der Waals surface area contributed by atoms with Gasteiger partial charge in [-0.15, -0.1) is 0 Å². The first-order valence-electron chi connectivity index (χ1n) is 7.23. The van der Waals surface area contributed by atoms with Gasteiger partial charge < -0.3 is 15.4 Å². The summed E-state index contributed by atoms with van der Waals surface area (Å²) in [4.78, 5) is 11.3. The molecule has 1 saturated heterocycles. The topological polar surface area (TPSA) is 64.3 Å². The number of fused-ring (bicyclic) bond motifs is 1. The van der Waals surface area contributed by atoms with Crippen LogP contribution in [0.4, 0.5) is 11.8 Å². The molecule has 1 aliphatic rings. The first-order valence-corrected chi connectivity index (χ1v) is 7.23. The van der Waals surface area contributed by atoms with Crippen molar-refractivity contribution < 1.29 is 4.74 Å². The normalized spacial score (nSPS) is 20.7. The van der Waals surface area contributed by atoms with E-state index in [9.17, 15) is 0 Å². The van der Waals surface area contributed by atoms with Crippen LogP contribution in [0.5, 0.6) is 0 Å². The van der Waals surface area contributed by atoms with Gasteiger partial charge in [0.05, 0.1) is 16.7 Å². The van der Waals surface area contributed by atoms with Gasteiger partial charge in [0.2, 0.25) is 5.95 Å². The molecule has 21 heavy (non-hydrogen) atoms. The van der Waals surface area contributed by atoms with Crippen molar-refractivity contribution in [3.05, 3.63) is 24.3 Å². The van der Waals surface area contributed by atoms with Crippen molar-refractivity contribution in [1.29, 1.82) is 0 Å². The Morgan fingerprint density at radius 1 is 1.05 bits per heavy atom. The number of para-hydroxylation sites is 1. The molecule has 0 atom stereocenters. The van der Waals surface area contributed by atoms with E-state index in [0.29, 0.717) is 11.8 Å². The van der Waals surface area contributed by atoms with Crippen LogP contribution in [0.25, 0.3) is 10.9 Å². The minimum Gasteiger partial charge on any atom is -0.383 e. The van der Waals surface area contributed by atoms with Gasteiger partial charge in [-0.3, -0.25) is 0 Å². The molecule has 0 radical (unpaired) electrons. The fourth-order valence-electron chi connectivity index (χ4n) is 3.16. The number of hydrogen-bond donors (Lipinski definition) is 1.